The van der Waals surface area contributed by atoms with Crippen LogP contribution >= 0.6 is 11.6 Å². The van der Waals surface area contributed by atoms with E-state index in [1.807, 2.05) is 12.1 Å². The van der Waals surface area contributed by atoms with Crippen LogP contribution in [0.25, 0.3) is 0 Å². The van der Waals surface area contributed by atoms with Gasteiger partial charge in [0.2, 0.25) is 0 Å². The van der Waals surface area contributed by atoms with Gasteiger partial charge in [-0.15, -0.1) is 0 Å². The van der Waals surface area contributed by atoms with Crippen LogP contribution in [0.4, 0.5) is 5.69 Å². The maximum absolute atomic E-state index is 5.89. The third kappa shape index (κ3) is 2.27. The molecule has 1 aliphatic rings. The molecule has 0 bridgehead atoms. The summed E-state index contributed by atoms with van der Waals surface area (Å²) in [4.78, 5) is 2.43. The highest BCUT2D eigenvalue weighted by molar-refractivity contribution is 6.30. The van der Waals surface area contributed by atoms with E-state index in [0.717, 1.165) is 24.7 Å². The molecule has 1 aromatic rings. The highest BCUT2D eigenvalue weighted by Crippen LogP contribution is 2.26. The molecule has 82 valence electrons. The normalized spacial score (nSPS) is 20.3. The first-order valence-corrected chi connectivity index (χ1v) is 5.71. The van der Waals surface area contributed by atoms with E-state index in [9.17, 15) is 0 Å². The highest BCUT2D eigenvalue weighted by Gasteiger charge is 2.29. The Morgan fingerprint density at radius 2 is 1.93 bits per heavy atom. The first-order chi connectivity index (χ1) is 7.09. The van der Waals surface area contributed by atoms with Crippen molar-refractivity contribution in [1.29, 1.82) is 0 Å². The van der Waals surface area contributed by atoms with Crippen molar-refractivity contribution in [3.63, 3.8) is 0 Å². The second-order valence-corrected chi connectivity index (χ2v) is 5.05. The van der Waals surface area contributed by atoms with Gasteiger partial charge in [0.25, 0.3) is 0 Å². The molecule has 0 unspecified atom stereocenters. The van der Waals surface area contributed by atoms with Gasteiger partial charge in [-0.25, -0.2) is 0 Å². The molecular weight excluding hydrogens is 208 g/mol. The Morgan fingerprint density at radius 1 is 1.27 bits per heavy atom. The summed E-state index contributed by atoms with van der Waals surface area (Å²) in [5.41, 5.74) is 1.43. The smallest absolute Gasteiger partial charge is 0.0470 e. The van der Waals surface area contributed by atoms with Gasteiger partial charge in [-0.1, -0.05) is 11.6 Å². The third-order valence-electron chi connectivity index (χ3n) is 2.94. The van der Waals surface area contributed by atoms with Gasteiger partial charge in [-0.05, 0) is 38.1 Å². The van der Waals surface area contributed by atoms with E-state index in [2.05, 4.69) is 36.2 Å². The van der Waals surface area contributed by atoms with Crippen molar-refractivity contribution < 1.29 is 0 Å². The van der Waals surface area contributed by atoms with Crippen LogP contribution in [0.3, 0.4) is 0 Å². The number of benzene rings is 1. The molecule has 2 nitrogen and oxygen atoms in total. The van der Waals surface area contributed by atoms with Crippen LogP contribution in [0, 0.1) is 0 Å². The van der Waals surface area contributed by atoms with Gasteiger partial charge in [0, 0.05) is 35.9 Å². The fourth-order valence-electron chi connectivity index (χ4n) is 2.08. The zero-order valence-electron chi connectivity index (χ0n) is 9.26. The summed E-state index contributed by atoms with van der Waals surface area (Å²) in [5, 5.41) is 4.22. The minimum absolute atomic E-state index is 0.173. The Balaban J connectivity index is 2.25. The van der Waals surface area contributed by atoms with Crippen LogP contribution in [0.5, 0.6) is 0 Å². The number of piperazine rings is 1. The Bertz CT molecular complexity index is 332. The lowest BCUT2D eigenvalue weighted by molar-refractivity contribution is 0.380. The van der Waals surface area contributed by atoms with Crippen molar-refractivity contribution >= 4 is 17.3 Å². The van der Waals surface area contributed by atoms with Gasteiger partial charge in [-0.2, -0.15) is 0 Å². The SMILES string of the molecule is CC1(C)CNCCN1c1ccc(Cl)cc1. The predicted octanol–water partition coefficient (Wildman–Crippen LogP) is 2.53. The summed E-state index contributed by atoms with van der Waals surface area (Å²) < 4.78 is 0. The van der Waals surface area contributed by atoms with E-state index in [-0.39, 0.29) is 5.54 Å². The molecule has 1 fully saturated rings. The molecule has 2 rings (SSSR count). The van der Waals surface area contributed by atoms with Crippen molar-refractivity contribution in [2.75, 3.05) is 24.5 Å². The van der Waals surface area contributed by atoms with Crippen molar-refractivity contribution in [2.24, 2.45) is 0 Å². The molecule has 1 saturated heterocycles. The number of rotatable bonds is 1. The van der Waals surface area contributed by atoms with Crippen LogP contribution in [-0.2, 0) is 0 Å². The molecule has 3 heteroatoms. The van der Waals surface area contributed by atoms with E-state index in [1.165, 1.54) is 5.69 Å². The van der Waals surface area contributed by atoms with Crippen LogP contribution < -0.4 is 10.2 Å². The Hall–Kier alpha value is -0.730. The topological polar surface area (TPSA) is 15.3 Å². The van der Waals surface area contributed by atoms with Crippen LogP contribution in [0.1, 0.15) is 13.8 Å². The maximum Gasteiger partial charge on any atom is 0.0470 e. The largest absolute Gasteiger partial charge is 0.364 e. The molecule has 0 spiro atoms. The molecule has 15 heavy (non-hydrogen) atoms. The third-order valence-corrected chi connectivity index (χ3v) is 3.19. The number of nitrogens with zero attached hydrogens (tertiary/aromatic N) is 1. The first-order valence-electron chi connectivity index (χ1n) is 5.33. The number of nitrogens with one attached hydrogen (secondary N) is 1. The van der Waals surface area contributed by atoms with Crippen molar-refractivity contribution in [3.8, 4) is 0 Å². The second-order valence-electron chi connectivity index (χ2n) is 4.62. The zero-order valence-corrected chi connectivity index (χ0v) is 10.0. The van der Waals surface area contributed by atoms with E-state index < -0.39 is 0 Å². The van der Waals surface area contributed by atoms with E-state index >= 15 is 0 Å². The lowest BCUT2D eigenvalue weighted by atomic mass is 9.99. The molecular formula is C12H17ClN2. The van der Waals surface area contributed by atoms with Crippen LogP contribution in [0.2, 0.25) is 5.02 Å². The molecule has 0 saturated carbocycles. The standard InChI is InChI=1S/C12H17ClN2/c1-12(2)9-14-7-8-15(12)11-5-3-10(13)4-6-11/h3-6,14H,7-9H2,1-2H3. The summed E-state index contributed by atoms with van der Waals surface area (Å²) >= 11 is 5.89. The van der Waals surface area contributed by atoms with Gasteiger partial charge in [0.05, 0.1) is 0 Å². The Kier molecular flexibility index (Phi) is 2.89. The molecule has 1 aromatic carbocycles. The van der Waals surface area contributed by atoms with Crippen LogP contribution in [-0.4, -0.2) is 25.2 Å². The summed E-state index contributed by atoms with van der Waals surface area (Å²) in [6.45, 7) is 7.64. The number of hydrogen-bond donors (Lipinski definition) is 1. The van der Waals surface area contributed by atoms with Crippen molar-refractivity contribution in [2.45, 2.75) is 19.4 Å². The minimum atomic E-state index is 0.173. The molecule has 0 amide bonds. The number of anilines is 1. The average Bonchev–Trinajstić information content (AvgIpc) is 2.19. The number of hydrogen-bond acceptors (Lipinski definition) is 2. The molecule has 0 atom stereocenters. The quantitative estimate of drug-likeness (QED) is 0.789. The molecule has 1 heterocycles. The summed E-state index contributed by atoms with van der Waals surface area (Å²) in [5.74, 6) is 0. The Labute approximate surface area is 96.2 Å². The van der Waals surface area contributed by atoms with Crippen molar-refractivity contribution in [1.82, 2.24) is 5.32 Å². The lowest BCUT2D eigenvalue weighted by Crippen LogP contribution is -2.58. The van der Waals surface area contributed by atoms with Gasteiger partial charge in [0.1, 0.15) is 0 Å². The summed E-state index contributed by atoms with van der Waals surface area (Å²) in [6, 6.07) is 8.09. The summed E-state index contributed by atoms with van der Waals surface area (Å²) in [7, 11) is 0. The summed E-state index contributed by atoms with van der Waals surface area (Å²) in [6.07, 6.45) is 0. The Morgan fingerprint density at radius 3 is 2.53 bits per heavy atom. The molecule has 0 aliphatic carbocycles. The first kappa shape index (κ1) is 10.8. The predicted molar refractivity (Wildman–Crippen MR) is 65.7 cm³/mol. The molecule has 0 radical (unpaired) electrons. The van der Waals surface area contributed by atoms with Gasteiger partial charge < -0.3 is 10.2 Å². The molecule has 1 aliphatic heterocycles. The van der Waals surface area contributed by atoms with Gasteiger partial charge in [0.15, 0.2) is 0 Å². The fourth-order valence-corrected chi connectivity index (χ4v) is 2.21. The van der Waals surface area contributed by atoms with Crippen molar-refractivity contribution in [3.05, 3.63) is 29.3 Å². The van der Waals surface area contributed by atoms with Gasteiger partial charge >= 0.3 is 0 Å². The monoisotopic (exact) mass is 224 g/mol. The molecule has 1 N–H and O–H groups in total. The van der Waals surface area contributed by atoms with Crippen LogP contribution in [0.15, 0.2) is 24.3 Å². The fraction of sp³-hybridized carbons (Fsp3) is 0.500. The van der Waals surface area contributed by atoms with Gasteiger partial charge in [-0.3, -0.25) is 0 Å². The number of halogens is 1. The average molecular weight is 225 g/mol. The lowest BCUT2D eigenvalue weighted by Gasteiger charge is -2.44. The second kappa shape index (κ2) is 4.03. The van der Waals surface area contributed by atoms with E-state index in [0.29, 0.717) is 0 Å². The van der Waals surface area contributed by atoms with E-state index in [1.54, 1.807) is 0 Å². The maximum atomic E-state index is 5.89. The molecule has 0 aromatic heterocycles. The highest BCUT2D eigenvalue weighted by atomic mass is 35.5. The zero-order chi connectivity index (χ0) is 10.9. The van der Waals surface area contributed by atoms with E-state index in [4.69, 9.17) is 11.6 Å². The minimum Gasteiger partial charge on any atom is -0.364 e.